The summed E-state index contributed by atoms with van der Waals surface area (Å²) in [4.78, 5) is 28.5. The van der Waals surface area contributed by atoms with E-state index in [9.17, 15) is 9.59 Å². The lowest BCUT2D eigenvalue weighted by atomic mass is 9.93. The summed E-state index contributed by atoms with van der Waals surface area (Å²) >= 11 is 1.33. The molecule has 1 saturated heterocycles. The molecule has 0 spiro atoms. The number of carbonyl (C=O) groups is 2. The van der Waals surface area contributed by atoms with E-state index < -0.39 is 5.97 Å². The molecule has 1 fully saturated rings. The monoisotopic (exact) mass is 283 g/mol. The molecule has 1 aromatic rings. The molecule has 0 bridgehead atoms. The SMILES string of the molecule is Nc1nc(CC(=O)N2CCC(CC(=O)O)CC2)cs1. The van der Waals surface area contributed by atoms with Crippen molar-refractivity contribution in [2.75, 3.05) is 18.8 Å². The van der Waals surface area contributed by atoms with Crippen molar-refractivity contribution >= 4 is 28.3 Å². The molecular formula is C12H17N3O3S. The van der Waals surface area contributed by atoms with Crippen LogP contribution in [0.3, 0.4) is 0 Å². The summed E-state index contributed by atoms with van der Waals surface area (Å²) in [5.41, 5.74) is 6.23. The summed E-state index contributed by atoms with van der Waals surface area (Å²) in [6, 6.07) is 0. The highest BCUT2D eigenvalue weighted by molar-refractivity contribution is 7.13. The van der Waals surface area contributed by atoms with Gasteiger partial charge in [0.1, 0.15) is 0 Å². The molecule has 0 aliphatic carbocycles. The molecule has 2 rings (SSSR count). The third-order valence-corrected chi connectivity index (χ3v) is 4.06. The number of amides is 1. The van der Waals surface area contributed by atoms with E-state index in [-0.39, 0.29) is 24.7 Å². The number of nitrogens with zero attached hydrogens (tertiary/aromatic N) is 2. The van der Waals surface area contributed by atoms with Crippen LogP contribution >= 0.6 is 11.3 Å². The fraction of sp³-hybridized carbons (Fsp3) is 0.583. The molecule has 1 aliphatic rings. The molecule has 6 nitrogen and oxygen atoms in total. The molecule has 104 valence electrons. The number of carboxylic acids is 1. The molecule has 0 aromatic carbocycles. The Hall–Kier alpha value is -1.63. The van der Waals surface area contributed by atoms with Gasteiger partial charge in [0, 0.05) is 24.9 Å². The number of carboxylic acid groups (broad SMARTS) is 1. The van der Waals surface area contributed by atoms with E-state index in [2.05, 4.69) is 4.98 Å². The molecule has 2 heterocycles. The second-order valence-electron chi connectivity index (χ2n) is 4.78. The van der Waals surface area contributed by atoms with E-state index in [0.717, 1.165) is 12.8 Å². The number of carbonyl (C=O) groups excluding carboxylic acids is 1. The van der Waals surface area contributed by atoms with E-state index in [1.165, 1.54) is 11.3 Å². The van der Waals surface area contributed by atoms with Crippen LogP contribution in [0.1, 0.15) is 25.0 Å². The molecule has 3 N–H and O–H groups in total. The van der Waals surface area contributed by atoms with Gasteiger partial charge in [-0.1, -0.05) is 0 Å². The van der Waals surface area contributed by atoms with Gasteiger partial charge in [0.25, 0.3) is 0 Å². The Balaban J connectivity index is 1.80. The number of rotatable bonds is 4. The highest BCUT2D eigenvalue weighted by Crippen LogP contribution is 2.21. The van der Waals surface area contributed by atoms with E-state index in [1.54, 1.807) is 10.3 Å². The second-order valence-corrected chi connectivity index (χ2v) is 5.67. The number of likely N-dealkylation sites (tertiary alicyclic amines) is 1. The maximum Gasteiger partial charge on any atom is 0.303 e. The molecule has 0 radical (unpaired) electrons. The predicted octanol–water partition coefficient (Wildman–Crippen LogP) is 0.981. The van der Waals surface area contributed by atoms with Crippen molar-refractivity contribution in [1.29, 1.82) is 0 Å². The van der Waals surface area contributed by atoms with Gasteiger partial charge in [0.15, 0.2) is 5.13 Å². The molecule has 0 atom stereocenters. The van der Waals surface area contributed by atoms with Crippen LogP contribution in [0.5, 0.6) is 0 Å². The number of aliphatic carboxylic acids is 1. The lowest BCUT2D eigenvalue weighted by Crippen LogP contribution is -2.39. The zero-order valence-corrected chi connectivity index (χ0v) is 11.4. The normalized spacial score (nSPS) is 16.5. The minimum absolute atomic E-state index is 0.0408. The molecule has 1 aromatic heterocycles. The van der Waals surface area contributed by atoms with Crippen LogP contribution in [-0.2, 0) is 16.0 Å². The van der Waals surface area contributed by atoms with Crippen molar-refractivity contribution in [2.24, 2.45) is 5.92 Å². The van der Waals surface area contributed by atoms with Gasteiger partial charge in [-0.15, -0.1) is 11.3 Å². The maximum absolute atomic E-state index is 12.0. The van der Waals surface area contributed by atoms with Crippen LogP contribution in [0.15, 0.2) is 5.38 Å². The number of nitrogen functional groups attached to an aromatic ring is 1. The summed E-state index contributed by atoms with van der Waals surface area (Å²) < 4.78 is 0. The van der Waals surface area contributed by atoms with Crippen LogP contribution in [0, 0.1) is 5.92 Å². The van der Waals surface area contributed by atoms with Crippen molar-refractivity contribution in [2.45, 2.75) is 25.7 Å². The van der Waals surface area contributed by atoms with Gasteiger partial charge >= 0.3 is 5.97 Å². The standard InChI is InChI=1S/C12H17N3O3S/c13-12-14-9(7-19-12)6-10(16)15-3-1-8(2-4-15)5-11(17)18/h7-8H,1-6H2,(H2,13,14)(H,17,18). The largest absolute Gasteiger partial charge is 0.481 e. The first-order valence-corrected chi connectivity index (χ1v) is 7.12. The summed E-state index contributed by atoms with van der Waals surface area (Å²) in [5.74, 6) is -0.529. The van der Waals surface area contributed by atoms with Gasteiger partial charge < -0.3 is 15.7 Å². The van der Waals surface area contributed by atoms with Crippen molar-refractivity contribution in [3.8, 4) is 0 Å². The van der Waals surface area contributed by atoms with Gasteiger partial charge in [-0.25, -0.2) is 4.98 Å². The first kappa shape index (κ1) is 13.8. The van der Waals surface area contributed by atoms with Crippen molar-refractivity contribution in [3.63, 3.8) is 0 Å². The zero-order valence-electron chi connectivity index (χ0n) is 10.5. The van der Waals surface area contributed by atoms with Crippen molar-refractivity contribution in [3.05, 3.63) is 11.1 Å². The van der Waals surface area contributed by atoms with Gasteiger partial charge in [-0.3, -0.25) is 9.59 Å². The minimum atomic E-state index is -0.761. The highest BCUT2D eigenvalue weighted by Gasteiger charge is 2.24. The van der Waals surface area contributed by atoms with Crippen LogP contribution < -0.4 is 5.73 Å². The zero-order chi connectivity index (χ0) is 13.8. The predicted molar refractivity (Wildman–Crippen MR) is 71.8 cm³/mol. The molecule has 0 unspecified atom stereocenters. The van der Waals surface area contributed by atoms with Crippen molar-refractivity contribution in [1.82, 2.24) is 9.88 Å². The first-order valence-electron chi connectivity index (χ1n) is 6.24. The summed E-state index contributed by atoms with van der Waals surface area (Å²) in [6.45, 7) is 1.27. The van der Waals surface area contributed by atoms with Crippen LogP contribution in [0.25, 0.3) is 0 Å². The molecule has 1 aliphatic heterocycles. The van der Waals surface area contributed by atoms with Crippen molar-refractivity contribution < 1.29 is 14.7 Å². The summed E-state index contributed by atoms with van der Waals surface area (Å²) in [7, 11) is 0. The fourth-order valence-corrected chi connectivity index (χ4v) is 2.87. The van der Waals surface area contributed by atoms with Gasteiger partial charge in [0.05, 0.1) is 12.1 Å². The van der Waals surface area contributed by atoms with E-state index in [1.807, 2.05) is 0 Å². The quantitative estimate of drug-likeness (QED) is 0.858. The maximum atomic E-state index is 12.0. The van der Waals surface area contributed by atoms with Crippen LogP contribution in [-0.4, -0.2) is 40.0 Å². The number of anilines is 1. The number of nitrogens with two attached hydrogens (primary N) is 1. The number of piperidine rings is 1. The molecule has 19 heavy (non-hydrogen) atoms. The molecule has 1 amide bonds. The Labute approximate surface area is 115 Å². The number of aromatic nitrogens is 1. The Morgan fingerprint density at radius 3 is 2.68 bits per heavy atom. The average Bonchev–Trinajstić information content (AvgIpc) is 2.75. The van der Waals surface area contributed by atoms with Gasteiger partial charge in [-0.05, 0) is 18.8 Å². The molecular weight excluding hydrogens is 266 g/mol. The number of thiazole rings is 1. The van der Waals surface area contributed by atoms with Gasteiger partial charge in [-0.2, -0.15) is 0 Å². The topological polar surface area (TPSA) is 96.5 Å². The fourth-order valence-electron chi connectivity index (χ4n) is 2.30. The first-order chi connectivity index (χ1) is 9.04. The lowest BCUT2D eigenvalue weighted by molar-refractivity contribution is -0.138. The third kappa shape index (κ3) is 3.92. The highest BCUT2D eigenvalue weighted by atomic mass is 32.1. The Bertz CT molecular complexity index is 467. The Morgan fingerprint density at radius 1 is 1.47 bits per heavy atom. The van der Waals surface area contributed by atoms with E-state index in [0.29, 0.717) is 23.9 Å². The Morgan fingerprint density at radius 2 is 2.16 bits per heavy atom. The average molecular weight is 283 g/mol. The van der Waals surface area contributed by atoms with Crippen LogP contribution in [0.4, 0.5) is 5.13 Å². The summed E-state index contributed by atoms with van der Waals surface area (Å²) in [6.07, 6.45) is 2.00. The minimum Gasteiger partial charge on any atom is -0.481 e. The lowest BCUT2D eigenvalue weighted by Gasteiger charge is -2.31. The van der Waals surface area contributed by atoms with E-state index >= 15 is 0 Å². The van der Waals surface area contributed by atoms with Gasteiger partial charge in [0.2, 0.25) is 5.91 Å². The second kappa shape index (κ2) is 6.01. The molecule has 0 saturated carbocycles. The van der Waals surface area contributed by atoms with Crippen LogP contribution in [0.2, 0.25) is 0 Å². The van der Waals surface area contributed by atoms with E-state index in [4.69, 9.17) is 10.8 Å². The number of hydrogen-bond acceptors (Lipinski definition) is 5. The third-order valence-electron chi connectivity index (χ3n) is 3.33. The Kier molecular flexibility index (Phi) is 4.36. The number of hydrogen-bond donors (Lipinski definition) is 2. The summed E-state index contributed by atoms with van der Waals surface area (Å²) in [5, 5.41) is 11.0. The smallest absolute Gasteiger partial charge is 0.303 e. The molecule has 7 heteroatoms.